The lowest BCUT2D eigenvalue weighted by Crippen LogP contribution is -2.41. The smallest absolute Gasteiger partial charge is 0.224 e. The predicted molar refractivity (Wildman–Crippen MR) is 89.0 cm³/mol. The minimum Gasteiger partial charge on any atom is -0.486 e. The molecular formula is C19H21NO3. The molecule has 0 aliphatic carbocycles. The number of carbonyl (C=O) groups is 1. The Hall–Kier alpha value is -2.49. The van der Waals surface area contributed by atoms with Crippen molar-refractivity contribution in [1.29, 1.82) is 0 Å². The summed E-state index contributed by atoms with van der Waals surface area (Å²) in [4.78, 5) is 12.2. The van der Waals surface area contributed by atoms with Crippen LogP contribution in [0.5, 0.6) is 11.5 Å². The Morgan fingerprint density at radius 3 is 2.78 bits per heavy atom. The monoisotopic (exact) mass is 311 g/mol. The molecule has 1 aliphatic heterocycles. The first kappa shape index (κ1) is 15.4. The number of aryl methyl sites for hydroxylation is 2. The van der Waals surface area contributed by atoms with Crippen LogP contribution in [0.4, 0.5) is 0 Å². The zero-order valence-electron chi connectivity index (χ0n) is 13.5. The zero-order valence-corrected chi connectivity index (χ0v) is 13.5. The Morgan fingerprint density at radius 1 is 1.17 bits per heavy atom. The van der Waals surface area contributed by atoms with Gasteiger partial charge in [0.15, 0.2) is 11.5 Å². The predicted octanol–water partition coefficient (Wildman–Crippen LogP) is 2.80. The van der Waals surface area contributed by atoms with E-state index in [0.29, 0.717) is 19.6 Å². The van der Waals surface area contributed by atoms with Crippen molar-refractivity contribution >= 4 is 5.91 Å². The van der Waals surface area contributed by atoms with Crippen LogP contribution in [0.3, 0.4) is 0 Å². The van der Waals surface area contributed by atoms with Gasteiger partial charge in [0, 0.05) is 0 Å². The molecule has 3 rings (SSSR count). The van der Waals surface area contributed by atoms with Crippen LogP contribution in [0.25, 0.3) is 0 Å². The number of fused-ring (bicyclic) bond motifs is 1. The number of ether oxygens (including phenoxy) is 2. The molecule has 1 aliphatic rings. The summed E-state index contributed by atoms with van der Waals surface area (Å²) in [7, 11) is 0. The Kier molecular flexibility index (Phi) is 4.51. The number of nitrogens with one attached hydrogen (secondary N) is 1. The summed E-state index contributed by atoms with van der Waals surface area (Å²) in [5, 5.41) is 2.93. The van der Waals surface area contributed by atoms with E-state index < -0.39 is 0 Å². The molecule has 1 atom stereocenters. The standard InChI is InChI=1S/C19H21NO3/c1-13-7-8-14(2)15(9-13)10-19(21)20-11-16-12-22-17-5-3-4-6-18(17)23-16/h3-9,16H,10-12H2,1-2H3,(H,20,21)/t16-/m0/s1. The fourth-order valence-electron chi connectivity index (χ4n) is 2.62. The Bertz CT molecular complexity index is 712. The zero-order chi connectivity index (χ0) is 16.2. The van der Waals surface area contributed by atoms with Crippen molar-refractivity contribution in [3.05, 3.63) is 59.2 Å². The first-order valence-corrected chi connectivity index (χ1v) is 7.83. The second-order valence-corrected chi connectivity index (χ2v) is 5.91. The molecule has 4 nitrogen and oxygen atoms in total. The lowest BCUT2D eigenvalue weighted by Gasteiger charge is -2.26. The van der Waals surface area contributed by atoms with Crippen LogP contribution in [-0.4, -0.2) is 25.2 Å². The topological polar surface area (TPSA) is 47.6 Å². The van der Waals surface area contributed by atoms with Crippen molar-refractivity contribution < 1.29 is 14.3 Å². The van der Waals surface area contributed by atoms with E-state index in [4.69, 9.17) is 9.47 Å². The van der Waals surface area contributed by atoms with Gasteiger partial charge in [-0.1, -0.05) is 35.9 Å². The third-order valence-corrected chi connectivity index (χ3v) is 3.95. The van der Waals surface area contributed by atoms with Gasteiger partial charge in [0.05, 0.1) is 13.0 Å². The number of hydrogen-bond acceptors (Lipinski definition) is 3. The van der Waals surface area contributed by atoms with Gasteiger partial charge < -0.3 is 14.8 Å². The molecule has 1 N–H and O–H groups in total. The Balaban J connectivity index is 1.53. The molecule has 0 radical (unpaired) electrons. The van der Waals surface area contributed by atoms with E-state index in [9.17, 15) is 4.79 Å². The molecule has 0 saturated heterocycles. The fourth-order valence-corrected chi connectivity index (χ4v) is 2.62. The van der Waals surface area contributed by atoms with E-state index in [0.717, 1.165) is 22.6 Å². The van der Waals surface area contributed by atoms with Gasteiger partial charge in [-0.25, -0.2) is 0 Å². The maximum atomic E-state index is 12.2. The third-order valence-electron chi connectivity index (χ3n) is 3.95. The lowest BCUT2D eigenvalue weighted by atomic mass is 10.0. The summed E-state index contributed by atoms with van der Waals surface area (Å²) < 4.78 is 11.5. The lowest BCUT2D eigenvalue weighted by molar-refractivity contribution is -0.120. The largest absolute Gasteiger partial charge is 0.486 e. The van der Waals surface area contributed by atoms with E-state index in [2.05, 4.69) is 17.4 Å². The summed E-state index contributed by atoms with van der Waals surface area (Å²) in [6, 6.07) is 13.7. The Labute approximate surface area is 136 Å². The van der Waals surface area contributed by atoms with Crippen LogP contribution in [0.15, 0.2) is 42.5 Å². The average molecular weight is 311 g/mol. The summed E-state index contributed by atoms with van der Waals surface area (Å²) in [5.74, 6) is 1.49. The van der Waals surface area contributed by atoms with Crippen LogP contribution in [0.1, 0.15) is 16.7 Å². The number of carbonyl (C=O) groups excluding carboxylic acids is 1. The van der Waals surface area contributed by atoms with Gasteiger partial charge in [-0.2, -0.15) is 0 Å². The van der Waals surface area contributed by atoms with Crippen molar-refractivity contribution in [2.24, 2.45) is 0 Å². The normalized spacial score (nSPS) is 16.0. The van der Waals surface area contributed by atoms with Crippen LogP contribution < -0.4 is 14.8 Å². The molecule has 0 unspecified atom stereocenters. The average Bonchev–Trinajstić information content (AvgIpc) is 2.56. The number of hydrogen-bond donors (Lipinski definition) is 1. The summed E-state index contributed by atoms with van der Waals surface area (Å²) in [5.41, 5.74) is 3.37. The maximum Gasteiger partial charge on any atom is 0.224 e. The van der Waals surface area contributed by atoms with Crippen molar-refractivity contribution in [1.82, 2.24) is 5.32 Å². The molecule has 2 aromatic rings. The molecule has 2 aromatic carbocycles. The van der Waals surface area contributed by atoms with Crippen molar-refractivity contribution in [2.45, 2.75) is 26.4 Å². The second kappa shape index (κ2) is 6.73. The highest BCUT2D eigenvalue weighted by Crippen LogP contribution is 2.30. The minimum atomic E-state index is -0.160. The highest BCUT2D eigenvalue weighted by atomic mass is 16.6. The molecule has 0 aromatic heterocycles. The fraction of sp³-hybridized carbons (Fsp3) is 0.316. The molecule has 0 spiro atoms. The van der Waals surface area contributed by atoms with Gasteiger partial charge >= 0.3 is 0 Å². The first-order chi connectivity index (χ1) is 11.1. The molecule has 4 heteroatoms. The number of amides is 1. The minimum absolute atomic E-state index is 0.00107. The third kappa shape index (κ3) is 3.83. The quantitative estimate of drug-likeness (QED) is 0.944. The number of benzene rings is 2. The van der Waals surface area contributed by atoms with Gasteiger partial charge in [0.1, 0.15) is 12.7 Å². The highest BCUT2D eigenvalue weighted by Gasteiger charge is 2.21. The van der Waals surface area contributed by atoms with Gasteiger partial charge in [0.2, 0.25) is 5.91 Å². The molecule has 0 fully saturated rings. The molecule has 0 bridgehead atoms. The van der Waals surface area contributed by atoms with Gasteiger partial charge in [-0.05, 0) is 37.1 Å². The summed E-state index contributed by atoms with van der Waals surface area (Å²) in [6.45, 7) is 4.95. The van der Waals surface area contributed by atoms with Gasteiger partial charge in [0.25, 0.3) is 0 Å². The van der Waals surface area contributed by atoms with Crippen molar-refractivity contribution in [3.63, 3.8) is 0 Å². The highest BCUT2D eigenvalue weighted by molar-refractivity contribution is 5.79. The van der Waals surface area contributed by atoms with Crippen LogP contribution >= 0.6 is 0 Å². The molecular weight excluding hydrogens is 290 g/mol. The molecule has 120 valence electrons. The SMILES string of the molecule is Cc1ccc(C)c(CC(=O)NC[C@H]2COc3ccccc3O2)c1. The molecule has 0 saturated carbocycles. The van der Waals surface area contributed by atoms with Crippen molar-refractivity contribution in [2.75, 3.05) is 13.2 Å². The maximum absolute atomic E-state index is 12.2. The number of para-hydroxylation sites is 2. The molecule has 1 amide bonds. The van der Waals surface area contributed by atoms with E-state index in [1.165, 1.54) is 5.56 Å². The molecule has 1 heterocycles. The first-order valence-electron chi connectivity index (χ1n) is 7.83. The van der Waals surface area contributed by atoms with E-state index >= 15 is 0 Å². The van der Waals surface area contributed by atoms with Gasteiger partial charge in [-0.3, -0.25) is 4.79 Å². The van der Waals surface area contributed by atoms with Crippen LogP contribution in [0.2, 0.25) is 0 Å². The van der Waals surface area contributed by atoms with E-state index in [1.54, 1.807) is 0 Å². The van der Waals surface area contributed by atoms with E-state index in [-0.39, 0.29) is 12.0 Å². The second-order valence-electron chi connectivity index (χ2n) is 5.91. The Morgan fingerprint density at radius 2 is 1.96 bits per heavy atom. The summed E-state index contributed by atoms with van der Waals surface area (Å²) in [6.07, 6.45) is 0.227. The van der Waals surface area contributed by atoms with Crippen molar-refractivity contribution in [3.8, 4) is 11.5 Å². The van der Waals surface area contributed by atoms with Crippen LogP contribution in [-0.2, 0) is 11.2 Å². The molecule has 23 heavy (non-hydrogen) atoms. The van der Waals surface area contributed by atoms with Gasteiger partial charge in [-0.15, -0.1) is 0 Å². The van der Waals surface area contributed by atoms with E-state index in [1.807, 2.05) is 44.2 Å². The number of rotatable bonds is 4. The van der Waals surface area contributed by atoms with Crippen LogP contribution in [0, 0.1) is 13.8 Å². The summed E-state index contributed by atoms with van der Waals surface area (Å²) >= 11 is 0.